The molecule has 0 saturated heterocycles. The second kappa shape index (κ2) is 8.25. The van der Waals surface area contributed by atoms with Gasteiger partial charge in [0.25, 0.3) is 5.91 Å². The zero-order chi connectivity index (χ0) is 21.0. The van der Waals surface area contributed by atoms with Crippen LogP contribution >= 0.6 is 0 Å². The summed E-state index contributed by atoms with van der Waals surface area (Å²) in [6.45, 7) is 4.08. The molecule has 29 heavy (non-hydrogen) atoms. The van der Waals surface area contributed by atoms with E-state index in [-0.39, 0.29) is 6.42 Å². The van der Waals surface area contributed by atoms with Crippen molar-refractivity contribution in [3.8, 4) is 23.1 Å². The van der Waals surface area contributed by atoms with Gasteiger partial charge in [0, 0.05) is 24.7 Å². The van der Waals surface area contributed by atoms with Gasteiger partial charge in [-0.05, 0) is 37.6 Å². The first kappa shape index (κ1) is 20.2. The van der Waals surface area contributed by atoms with Gasteiger partial charge >= 0.3 is 0 Å². The van der Waals surface area contributed by atoms with E-state index in [1.54, 1.807) is 14.0 Å². The highest BCUT2D eigenvalue weighted by atomic mass is 16.3. The average Bonchev–Trinajstić information content (AvgIpc) is 2.76. The summed E-state index contributed by atoms with van der Waals surface area (Å²) in [5, 5.41) is 10.7. The topological polar surface area (TPSA) is 105 Å². The van der Waals surface area contributed by atoms with E-state index in [1.165, 1.54) is 11.2 Å². The molecule has 1 amide bonds. The number of hydrogen-bond donors (Lipinski definition) is 2. The van der Waals surface area contributed by atoms with Crippen molar-refractivity contribution < 1.29 is 9.90 Å². The highest BCUT2D eigenvalue weighted by Gasteiger charge is 2.34. The van der Waals surface area contributed by atoms with Crippen molar-refractivity contribution in [2.24, 2.45) is 0 Å². The summed E-state index contributed by atoms with van der Waals surface area (Å²) in [5.41, 5.74) is 7.60. The molecule has 148 valence electrons. The van der Waals surface area contributed by atoms with Crippen LogP contribution in [0, 0.1) is 11.8 Å². The maximum atomic E-state index is 12.4. The normalized spacial score (nSPS) is 12.7. The van der Waals surface area contributed by atoms with Crippen molar-refractivity contribution in [2.75, 3.05) is 19.3 Å². The lowest BCUT2D eigenvalue weighted by Crippen LogP contribution is -2.46. The van der Waals surface area contributed by atoms with Crippen LogP contribution in [-0.4, -0.2) is 50.1 Å². The van der Waals surface area contributed by atoms with Gasteiger partial charge in [0.05, 0.1) is 11.2 Å². The zero-order valence-corrected chi connectivity index (χ0v) is 16.7. The van der Waals surface area contributed by atoms with Gasteiger partial charge in [-0.15, -0.1) is 0 Å². The lowest BCUT2D eigenvalue weighted by Gasteiger charge is -2.25. The van der Waals surface area contributed by atoms with Crippen LogP contribution in [0.15, 0.2) is 42.7 Å². The summed E-state index contributed by atoms with van der Waals surface area (Å²) < 4.78 is 0. The second-order valence-electron chi connectivity index (χ2n) is 6.69. The standard InChI is InChI=1S/C22H23N5O2/c1-4-22(29,21(28)27(3)5-2)12-11-15-7-6-8-16(13-15)17-9-10-18-19(26-17)20(23)25-14-24-18/h6-10,13-14,29H,4-5H2,1-3H3,(H2,23,24,25). The Hall–Kier alpha value is -3.50. The minimum atomic E-state index is -1.71. The molecule has 1 unspecified atom stereocenters. The number of likely N-dealkylation sites (N-methyl/N-ethyl adjacent to an activating group) is 1. The number of nitrogens with zero attached hydrogens (tertiary/aromatic N) is 4. The van der Waals surface area contributed by atoms with E-state index in [0.717, 1.165) is 5.56 Å². The number of hydrogen-bond acceptors (Lipinski definition) is 6. The molecule has 7 heteroatoms. The average molecular weight is 389 g/mol. The minimum Gasteiger partial charge on any atom is -0.382 e. The number of aliphatic hydroxyl groups is 1. The molecule has 0 aliphatic carbocycles. The van der Waals surface area contributed by atoms with Crippen LogP contribution in [-0.2, 0) is 4.79 Å². The van der Waals surface area contributed by atoms with Gasteiger partial charge in [0.1, 0.15) is 11.8 Å². The molecule has 0 saturated carbocycles. The van der Waals surface area contributed by atoms with Crippen LogP contribution in [0.3, 0.4) is 0 Å². The molecule has 1 aromatic carbocycles. The van der Waals surface area contributed by atoms with Crippen LogP contribution in [0.2, 0.25) is 0 Å². The highest BCUT2D eigenvalue weighted by molar-refractivity contribution is 5.88. The van der Waals surface area contributed by atoms with Gasteiger partial charge in [-0.3, -0.25) is 4.79 Å². The van der Waals surface area contributed by atoms with Crippen molar-refractivity contribution in [3.63, 3.8) is 0 Å². The Bertz CT molecular complexity index is 1120. The molecular weight excluding hydrogens is 366 g/mol. The first-order chi connectivity index (χ1) is 13.9. The Morgan fingerprint density at radius 1 is 1.24 bits per heavy atom. The maximum absolute atomic E-state index is 12.4. The first-order valence-electron chi connectivity index (χ1n) is 9.36. The summed E-state index contributed by atoms with van der Waals surface area (Å²) in [6.07, 6.45) is 1.61. The molecule has 3 N–H and O–H groups in total. The van der Waals surface area contributed by atoms with E-state index in [1.807, 2.05) is 43.3 Å². The third-order valence-electron chi connectivity index (χ3n) is 4.77. The number of fused-ring (bicyclic) bond motifs is 1. The SMILES string of the molecule is CCN(C)C(=O)C(O)(C#Cc1cccc(-c2ccc3ncnc(N)c3n2)c1)CC. The van der Waals surface area contributed by atoms with Crippen LogP contribution in [0.1, 0.15) is 25.8 Å². The van der Waals surface area contributed by atoms with Gasteiger partial charge < -0.3 is 15.7 Å². The van der Waals surface area contributed by atoms with Crippen LogP contribution < -0.4 is 5.73 Å². The molecular formula is C22H23N5O2. The van der Waals surface area contributed by atoms with Crippen LogP contribution in [0.5, 0.6) is 0 Å². The lowest BCUT2D eigenvalue weighted by atomic mass is 9.98. The number of anilines is 1. The van der Waals surface area contributed by atoms with Crippen LogP contribution in [0.25, 0.3) is 22.3 Å². The summed E-state index contributed by atoms with van der Waals surface area (Å²) in [5.74, 6) is 5.59. The van der Waals surface area contributed by atoms with E-state index in [9.17, 15) is 9.90 Å². The fraction of sp³-hybridized carbons (Fsp3) is 0.273. The Kier molecular flexibility index (Phi) is 5.76. The van der Waals surface area contributed by atoms with Crippen LogP contribution in [0.4, 0.5) is 5.82 Å². The number of benzene rings is 1. The van der Waals surface area contributed by atoms with E-state index >= 15 is 0 Å². The minimum absolute atomic E-state index is 0.203. The Morgan fingerprint density at radius 2 is 2.03 bits per heavy atom. The fourth-order valence-electron chi connectivity index (χ4n) is 2.80. The van der Waals surface area contributed by atoms with Gasteiger partial charge in [-0.1, -0.05) is 30.9 Å². The molecule has 0 spiro atoms. The van der Waals surface area contributed by atoms with Gasteiger partial charge in [-0.2, -0.15) is 0 Å². The fourth-order valence-corrected chi connectivity index (χ4v) is 2.80. The number of amides is 1. The van der Waals surface area contributed by atoms with E-state index in [4.69, 9.17) is 5.73 Å². The van der Waals surface area contributed by atoms with Crippen molar-refractivity contribution in [1.29, 1.82) is 0 Å². The smallest absolute Gasteiger partial charge is 0.266 e. The highest BCUT2D eigenvalue weighted by Crippen LogP contribution is 2.23. The second-order valence-corrected chi connectivity index (χ2v) is 6.69. The first-order valence-corrected chi connectivity index (χ1v) is 9.36. The predicted octanol–water partition coefficient (Wildman–Crippen LogP) is 2.24. The van der Waals surface area contributed by atoms with Crippen molar-refractivity contribution in [3.05, 3.63) is 48.3 Å². The predicted molar refractivity (Wildman–Crippen MR) is 113 cm³/mol. The third-order valence-corrected chi connectivity index (χ3v) is 4.77. The summed E-state index contributed by atoms with van der Waals surface area (Å²) in [7, 11) is 1.64. The summed E-state index contributed by atoms with van der Waals surface area (Å²) >= 11 is 0. The Morgan fingerprint density at radius 3 is 2.76 bits per heavy atom. The molecule has 3 rings (SSSR count). The number of nitrogens with two attached hydrogens (primary N) is 1. The molecule has 2 heterocycles. The Balaban J connectivity index is 1.96. The molecule has 0 aliphatic heterocycles. The molecule has 0 radical (unpaired) electrons. The summed E-state index contributed by atoms with van der Waals surface area (Å²) in [4.78, 5) is 26.6. The third kappa shape index (κ3) is 4.18. The summed E-state index contributed by atoms with van der Waals surface area (Å²) in [6, 6.07) is 11.1. The van der Waals surface area contributed by atoms with E-state index < -0.39 is 11.5 Å². The van der Waals surface area contributed by atoms with E-state index in [0.29, 0.717) is 34.7 Å². The molecule has 0 fully saturated rings. The molecule has 0 bridgehead atoms. The number of pyridine rings is 1. The number of carbonyl (C=O) groups is 1. The molecule has 3 aromatic rings. The van der Waals surface area contributed by atoms with Crippen molar-refractivity contribution in [1.82, 2.24) is 19.9 Å². The van der Waals surface area contributed by atoms with Gasteiger partial charge in [0.2, 0.25) is 5.60 Å². The van der Waals surface area contributed by atoms with Crippen molar-refractivity contribution >= 4 is 22.8 Å². The molecule has 2 aromatic heterocycles. The molecule has 1 atom stereocenters. The monoisotopic (exact) mass is 389 g/mol. The molecule has 7 nitrogen and oxygen atoms in total. The van der Waals surface area contributed by atoms with Crippen molar-refractivity contribution in [2.45, 2.75) is 25.9 Å². The quantitative estimate of drug-likeness (QED) is 0.663. The number of aromatic nitrogens is 3. The Labute approximate surface area is 169 Å². The van der Waals surface area contributed by atoms with E-state index in [2.05, 4.69) is 26.8 Å². The molecule has 0 aliphatic rings. The van der Waals surface area contributed by atoms with Gasteiger partial charge in [-0.25, -0.2) is 15.0 Å². The lowest BCUT2D eigenvalue weighted by molar-refractivity contribution is -0.144. The van der Waals surface area contributed by atoms with Gasteiger partial charge in [0.15, 0.2) is 5.82 Å². The number of rotatable bonds is 4. The number of carbonyl (C=O) groups excluding carboxylic acids is 1. The largest absolute Gasteiger partial charge is 0.382 e. The zero-order valence-electron chi connectivity index (χ0n) is 16.7. The maximum Gasteiger partial charge on any atom is 0.266 e. The number of nitrogen functional groups attached to an aromatic ring is 1.